The first-order valence-corrected chi connectivity index (χ1v) is 8.26. The summed E-state index contributed by atoms with van der Waals surface area (Å²) in [5.74, 6) is -2.12. The van der Waals surface area contributed by atoms with Crippen LogP contribution in [0.5, 0.6) is 0 Å². The van der Waals surface area contributed by atoms with Crippen molar-refractivity contribution in [2.45, 2.75) is 12.0 Å². The number of benzene rings is 3. The summed E-state index contributed by atoms with van der Waals surface area (Å²) in [5, 5.41) is 20.7. The maximum Gasteiger partial charge on any atom is 0.314 e. The van der Waals surface area contributed by atoms with E-state index >= 15 is 0 Å². The molecule has 0 bridgehead atoms. The van der Waals surface area contributed by atoms with E-state index in [1.807, 2.05) is 42.5 Å². The topological polar surface area (TPSA) is 57.5 Å². The van der Waals surface area contributed by atoms with Crippen LogP contribution in [0, 0.1) is 0 Å². The van der Waals surface area contributed by atoms with E-state index in [1.165, 1.54) is 0 Å². The second-order valence-corrected chi connectivity index (χ2v) is 6.24. The minimum absolute atomic E-state index is 0.518. The van der Waals surface area contributed by atoms with E-state index in [1.54, 1.807) is 36.4 Å². The fourth-order valence-electron chi connectivity index (χ4n) is 2.83. The third-order valence-corrected chi connectivity index (χ3v) is 4.42. The van der Waals surface area contributed by atoms with Crippen molar-refractivity contribution >= 4 is 17.6 Å². The molecule has 0 fully saturated rings. The molecule has 4 heteroatoms. The van der Waals surface area contributed by atoms with Crippen molar-refractivity contribution in [2.75, 3.05) is 0 Å². The summed E-state index contributed by atoms with van der Waals surface area (Å²) >= 11 is 5.85. The van der Waals surface area contributed by atoms with Crippen molar-refractivity contribution in [2.24, 2.45) is 0 Å². The highest BCUT2D eigenvalue weighted by Crippen LogP contribution is 2.33. The summed E-state index contributed by atoms with van der Waals surface area (Å²) in [7, 11) is 0. The highest BCUT2D eigenvalue weighted by Gasteiger charge is 2.29. The lowest BCUT2D eigenvalue weighted by Crippen LogP contribution is -2.20. The van der Waals surface area contributed by atoms with Gasteiger partial charge in [0.05, 0.1) is 6.10 Å². The lowest BCUT2D eigenvalue weighted by atomic mass is 9.88. The second kappa shape index (κ2) is 7.51. The Morgan fingerprint density at radius 2 is 1.28 bits per heavy atom. The highest BCUT2D eigenvalue weighted by molar-refractivity contribution is 6.30. The average Bonchev–Trinajstić information content (AvgIpc) is 2.63. The molecule has 0 radical (unpaired) electrons. The molecular weight excluding hydrogens is 336 g/mol. The second-order valence-electron chi connectivity index (χ2n) is 5.80. The molecule has 25 heavy (non-hydrogen) atoms. The van der Waals surface area contributed by atoms with Gasteiger partial charge in [-0.05, 0) is 34.4 Å². The monoisotopic (exact) mass is 352 g/mol. The fourth-order valence-corrected chi connectivity index (χ4v) is 2.95. The molecule has 3 aromatic carbocycles. The minimum atomic E-state index is -1.16. The van der Waals surface area contributed by atoms with Crippen LogP contribution < -0.4 is 0 Å². The molecule has 3 rings (SSSR count). The molecule has 2 unspecified atom stereocenters. The SMILES string of the molecule is O=C(O)C(c1ccc(-c2ccccc2)cc1)C(O)c1ccc(Cl)cc1. The van der Waals surface area contributed by atoms with E-state index in [4.69, 9.17) is 11.6 Å². The molecular formula is C21H17ClO3. The van der Waals surface area contributed by atoms with Crippen LogP contribution in [0.2, 0.25) is 5.02 Å². The van der Waals surface area contributed by atoms with Crippen molar-refractivity contribution in [3.05, 3.63) is 95.0 Å². The molecule has 2 atom stereocenters. The summed E-state index contributed by atoms with van der Waals surface area (Å²) in [5.41, 5.74) is 3.12. The molecule has 0 aliphatic heterocycles. The molecule has 0 aromatic heterocycles. The zero-order valence-electron chi connectivity index (χ0n) is 13.3. The van der Waals surface area contributed by atoms with Crippen LogP contribution in [0.4, 0.5) is 0 Å². The fraction of sp³-hybridized carbons (Fsp3) is 0.0952. The Kier molecular flexibility index (Phi) is 5.17. The van der Waals surface area contributed by atoms with Crippen LogP contribution in [0.1, 0.15) is 23.1 Å². The predicted molar refractivity (Wildman–Crippen MR) is 98.7 cm³/mol. The van der Waals surface area contributed by atoms with Crippen molar-refractivity contribution < 1.29 is 15.0 Å². The Hall–Kier alpha value is -2.62. The number of rotatable bonds is 5. The lowest BCUT2D eigenvalue weighted by Gasteiger charge is -2.20. The Labute approximate surface area is 151 Å². The number of carboxylic acid groups (broad SMARTS) is 1. The van der Waals surface area contributed by atoms with Gasteiger partial charge in [-0.25, -0.2) is 0 Å². The molecule has 0 aliphatic carbocycles. The van der Waals surface area contributed by atoms with Gasteiger partial charge in [0.2, 0.25) is 0 Å². The van der Waals surface area contributed by atoms with Crippen molar-refractivity contribution in [1.29, 1.82) is 0 Å². The van der Waals surface area contributed by atoms with Crippen molar-refractivity contribution in [1.82, 2.24) is 0 Å². The largest absolute Gasteiger partial charge is 0.481 e. The molecule has 3 aromatic rings. The minimum Gasteiger partial charge on any atom is -0.481 e. The quantitative estimate of drug-likeness (QED) is 0.686. The number of aliphatic hydroxyl groups excluding tert-OH is 1. The van der Waals surface area contributed by atoms with Gasteiger partial charge in [0.25, 0.3) is 0 Å². The van der Waals surface area contributed by atoms with Gasteiger partial charge in [0.15, 0.2) is 0 Å². The van der Waals surface area contributed by atoms with Gasteiger partial charge in [0, 0.05) is 5.02 Å². The van der Waals surface area contributed by atoms with Gasteiger partial charge in [-0.2, -0.15) is 0 Å². The Morgan fingerprint density at radius 3 is 1.84 bits per heavy atom. The summed E-state index contributed by atoms with van der Waals surface area (Å²) in [4.78, 5) is 11.8. The zero-order chi connectivity index (χ0) is 17.8. The number of hydrogen-bond donors (Lipinski definition) is 2. The Bertz CT molecular complexity index is 843. The first-order valence-electron chi connectivity index (χ1n) is 7.88. The highest BCUT2D eigenvalue weighted by atomic mass is 35.5. The number of halogens is 1. The molecule has 126 valence electrons. The van der Waals surface area contributed by atoms with Gasteiger partial charge >= 0.3 is 5.97 Å². The Balaban J connectivity index is 1.90. The molecule has 0 spiro atoms. The summed E-state index contributed by atoms with van der Waals surface area (Å²) in [6, 6.07) is 23.6. The number of aliphatic hydroxyl groups is 1. The van der Waals surface area contributed by atoms with E-state index in [2.05, 4.69) is 0 Å². The summed E-state index contributed by atoms with van der Waals surface area (Å²) < 4.78 is 0. The third-order valence-electron chi connectivity index (χ3n) is 4.17. The Morgan fingerprint density at radius 1 is 0.760 bits per heavy atom. The van der Waals surface area contributed by atoms with Crippen LogP contribution in [-0.4, -0.2) is 16.2 Å². The first-order chi connectivity index (χ1) is 12.1. The molecule has 2 N–H and O–H groups in total. The van der Waals surface area contributed by atoms with Crippen molar-refractivity contribution in [3.63, 3.8) is 0 Å². The number of carbonyl (C=O) groups is 1. The van der Waals surface area contributed by atoms with Crippen LogP contribution in [0.3, 0.4) is 0 Å². The van der Waals surface area contributed by atoms with Crippen LogP contribution >= 0.6 is 11.6 Å². The first kappa shape index (κ1) is 17.2. The standard InChI is InChI=1S/C21H17ClO3/c22-18-12-10-17(11-13-18)20(23)19(21(24)25)16-8-6-15(7-9-16)14-4-2-1-3-5-14/h1-13,19-20,23H,(H,24,25). The maximum atomic E-state index is 11.8. The molecule has 3 nitrogen and oxygen atoms in total. The van der Waals surface area contributed by atoms with Gasteiger partial charge in [-0.1, -0.05) is 78.3 Å². The van der Waals surface area contributed by atoms with E-state index < -0.39 is 18.0 Å². The summed E-state index contributed by atoms with van der Waals surface area (Å²) in [6.07, 6.45) is -1.16. The maximum absolute atomic E-state index is 11.8. The van der Waals surface area contributed by atoms with Gasteiger partial charge in [-0.3, -0.25) is 4.79 Å². The van der Waals surface area contributed by atoms with Crippen LogP contribution in [0.15, 0.2) is 78.9 Å². The van der Waals surface area contributed by atoms with Crippen molar-refractivity contribution in [3.8, 4) is 11.1 Å². The smallest absolute Gasteiger partial charge is 0.314 e. The molecule has 0 saturated heterocycles. The number of hydrogen-bond acceptors (Lipinski definition) is 2. The van der Waals surface area contributed by atoms with Crippen LogP contribution in [-0.2, 0) is 4.79 Å². The predicted octanol–water partition coefficient (Wildman–Crippen LogP) is 4.91. The lowest BCUT2D eigenvalue weighted by molar-refractivity contribution is -0.141. The number of carboxylic acids is 1. The van der Waals surface area contributed by atoms with E-state index in [9.17, 15) is 15.0 Å². The zero-order valence-corrected chi connectivity index (χ0v) is 14.1. The van der Waals surface area contributed by atoms with Gasteiger partial charge in [-0.15, -0.1) is 0 Å². The average molecular weight is 353 g/mol. The normalized spacial score (nSPS) is 13.2. The van der Waals surface area contributed by atoms with Crippen LogP contribution in [0.25, 0.3) is 11.1 Å². The van der Waals surface area contributed by atoms with E-state index in [-0.39, 0.29) is 0 Å². The molecule has 0 saturated carbocycles. The van der Waals surface area contributed by atoms with Gasteiger partial charge in [0.1, 0.15) is 5.92 Å². The third kappa shape index (κ3) is 3.90. The summed E-state index contributed by atoms with van der Waals surface area (Å²) in [6.45, 7) is 0. The molecule has 0 heterocycles. The van der Waals surface area contributed by atoms with E-state index in [0.29, 0.717) is 16.1 Å². The van der Waals surface area contributed by atoms with E-state index in [0.717, 1.165) is 11.1 Å². The molecule has 0 amide bonds. The molecule has 0 aliphatic rings. The number of aliphatic carboxylic acids is 1. The van der Waals surface area contributed by atoms with Gasteiger partial charge < -0.3 is 10.2 Å².